The number of piperidine rings is 1. The summed E-state index contributed by atoms with van der Waals surface area (Å²) in [6.45, 7) is 2.87. The summed E-state index contributed by atoms with van der Waals surface area (Å²) >= 11 is 3.36. The number of likely N-dealkylation sites (tertiary alicyclic amines) is 1. The van der Waals surface area contributed by atoms with Crippen LogP contribution in [-0.4, -0.2) is 29.3 Å². The van der Waals surface area contributed by atoms with Crippen molar-refractivity contribution in [2.24, 2.45) is 0 Å². The fraction of sp³-hybridized carbons (Fsp3) is 0.500. The van der Waals surface area contributed by atoms with Gasteiger partial charge in [-0.05, 0) is 43.9 Å². The van der Waals surface area contributed by atoms with Crippen LogP contribution in [0.15, 0.2) is 28.7 Å². The standard InChI is InChI=1S/C16H21BrN2O2/c1-2-14-8-3-4-9-19(14)16(21)11-15(20)18-13-7-5-6-12(17)10-13/h5-7,10,14H,2-4,8-9,11H2,1H3,(H,18,20). The Balaban J connectivity index is 1.91. The molecule has 1 N–H and O–H groups in total. The van der Waals surface area contributed by atoms with E-state index in [-0.39, 0.29) is 18.2 Å². The molecule has 0 aliphatic carbocycles. The Labute approximate surface area is 134 Å². The number of hydrogen-bond donors (Lipinski definition) is 1. The third kappa shape index (κ3) is 4.56. The number of benzene rings is 1. The molecule has 114 valence electrons. The van der Waals surface area contributed by atoms with Crippen molar-refractivity contribution in [1.82, 2.24) is 4.90 Å². The molecule has 1 saturated heterocycles. The van der Waals surface area contributed by atoms with Crippen molar-refractivity contribution >= 4 is 33.4 Å². The van der Waals surface area contributed by atoms with Crippen molar-refractivity contribution in [3.63, 3.8) is 0 Å². The monoisotopic (exact) mass is 352 g/mol. The number of halogens is 1. The lowest BCUT2D eigenvalue weighted by molar-refractivity contribution is -0.137. The number of anilines is 1. The number of carbonyl (C=O) groups excluding carboxylic acids is 2. The van der Waals surface area contributed by atoms with Gasteiger partial charge in [-0.1, -0.05) is 28.9 Å². The highest BCUT2D eigenvalue weighted by molar-refractivity contribution is 9.10. The van der Waals surface area contributed by atoms with E-state index in [2.05, 4.69) is 28.2 Å². The van der Waals surface area contributed by atoms with Crippen LogP contribution in [0.3, 0.4) is 0 Å². The minimum atomic E-state index is -0.251. The van der Waals surface area contributed by atoms with E-state index in [0.717, 1.165) is 30.3 Å². The zero-order valence-electron chi connectivity index (χ0n) is 12.3. The molecule has 1 aliphatic heterocycles. The van der Waals surface area contributed by atoms with E-state index >= 15 is 0 Å². The van der Waals surface area contributed by atoms with Gasteiger partial charge in [0.25, 0.3) is 0 Å². The van der Waals surface area contributed by atoms with Gasteiger partial charge in [0.2, 0.25) is 11.8 Å². The van der Waals surface area contributed by atoms with E-state index in [1.807, 2.05) is 29.2 Å². The van der Waals surface area contributed by atoms with Crippen LogP contribution in [0.2, 0.25) is 0 Å². The lowest BCUT2D eigenvalue weighted by Crippen LogP contribution is -2.44. The first-order chi connectivity index (χ1) is 10.1. The molecule has 0 radical (unpaired) electrons. The van der Waals surface area contributed by atoms with Crippen molar-refractivity contribution in [2.45, 2.75) is 45.1 Å². The van der Waals surface area contributed by atoms with E-state index < -0.39 is 0 Å². The topological polar surface area (TPSA) is 49.4 Å². The average Bonchev–Trinajstić information content (AvgIpc) is 2.47. The molecule has 1 aliphatic rings. The maximum Gasteiger partial charge on any atom is 0.233 e. The molecule has 0 bridgehead atoms. The van der Waals surface area contributed by atoms with E-state index in [9.17, 15) is 9.59 Å². The second-order valence-corrected chi connectivity index (χ2v) is 6.30. The molecule has 0 spiro atoms. The van der Waals surface area contributed by atoms with Crippen molar-refractivity contribution in [3.8, 4) is 0 Å². The average molecular weight is 353 g/mol. The smallest absolute Gasteiger partial charge is 0.233 e. The van der Waals surface area contributed by atoms with Gasteiger partial charge in [0.1, 0.15) is 6.42 Å². The van der Waals surface area contributed by atoms with Crippen LogP contribution in [0.1, 0.15) is 39.0 Å². The summed E-state index contributed by atoms with van der Waals surface area (Å²) in [5.41, 5.74) is 0.702. The highest BCUT2D eigenvalue weighted by atomic mass is 79.9. The summed E-state index contributed by atoms with van der Waals surface area (Å²) < 4.78 is 0.897. The van der Waals surface area contributed by atoms with Gasteiger partial charge in [-0.15, -0.1) is 0 Å². The van der Waals surface area contributed by atoms with Crippen LogP contribution in [0.25, 0.3) is 0 Å². The minimum Gasteiger partial charge on any atom is -0.339 e. The van der Waals surface area contributed by atoms with Gasteiger partial charge >= 0.3 is 0 Å². The maximum atomic E-state index is 12.3. The van der Waals surface area contributed by atoms with Crippen LogP contribution in [-0.2, 0) is 9.59 Å². The molecular formula is C16H21BrN2O2. The third-order valence-corrected chi connectivity index (χ3v) is 4.33. The Morgan fingerprint density at radius 2 is 2.19 bits per heavy atom. The quantitative estimate of drug-likeness (QED) is 0.842. The second-order valence-electron chi connectivity index (χ2n) is 5.38. The largest absolute Gasteiger partial charge is 0.339 e. The fourth-order valence-corrected chi connectivity index (χ4v) is 3.16. The predicted molar refractivity (Wildman–Crippen MR) is 87.0 cm³/mol. The van der Waals surface area contributed by atoms with Gasteiger partial charge in [-0.2, -0.15) is 0 Å². The summed E-state index contributed by atoms with van der Waals surface area (Å²) in [4.78, 5) is 26.2. The van der Waals surface area contributed by atoms with E-state index in [0.29, 0.717) is 11.7 Å². The van der Waals surface area contributed by atoms with Gasteiger partial charge in [-0.25, -0.2) is 0 Å². The fourth-order valence-electron chi connectivity index (χ4n) is 2.76. The molecule has 2 amide bonds. The van der Waals surface area contributed by atoms with Gasteiger partial charge in [0.05, 0.1) is 0 Å². The number of carbonyl (C=O) groups is 2. The van der Waals surface area contributed by atoms with Crippen LogP contribution >= 0.6 is 15.9 Å². The summed E-state index contributed by atoms with van der Waals surface area (Å²) in [6, 6.07) is 7.66. The van der Waals surface area contributed by atoms with Crippen LogP contribution in [0.5, 0.6) is 0 Å². The summed E-state index contributed by atoms with van der Waals surface area (Å²) in [6.07, 6.45) is 4.14. The third-order valence-electron chi connectivity index (χ3n) is 3.84. The Bertz CT molecular complexity index is 519. The van der Waals surface area contributed by atoms with Crippen molar-refractivity contribution in [1.29, 1.82) is 0 Å². The molecule has 2 rings (SSSR count). The summed E-state index contributed by atoms with van der Waals surface area (Å²) in [5, 5.41) is 2.77. The molecule has 1 heterocycles. The van der Waals surface area contributed by atoms with Crippen LogP contribution in [0.4, 0.5) is 5.69 Å². The Hall–Kier alpha value is -1.36. The number of amides is 2. The highest BCUT2D eigenvalue weighted by Gasteiger charge is 2.26. The molecule has 1 unspecified atom stereocenters. The molecular weight excluding hydrogens is 332 g/mol. The normalized spacial score (nSPS) is 18.4. The van der Waals surface area contributed by atoms with E-state index in [4.69, 9.17) is 0 Å². The molecule has 1 aromatic rings. The second kappa shape index (κ2) is 7.59. The number of nitrogens with one attached hydrogen (secondary N) is 1. The first-order valence-electron chi connectivity index (χ1n) is 7.45. The Morgan fingerprint density at radius 1 is 1.38 bits per heavy atom. The SMILES string of the molecule is CCC1CCCCN1C(=O)CC(=O)Nc1cccc(Br)c1. The van der Waals surface area contributed by atoms with E-state index in [1.54, 1.807) is 0 Å². The lowest BCUT2D eigenvalue weighted by Gasteiger charge is -2.35. The molecule has 0 aromatic heterocycles. The molecule has 4 nitrogen and oxygen atoms in total. The number of rotatable bonds is 4. The minimum absolute atomic E-state index is 0.0611. The molecule has 1 atom stereocenters. The maximum absolute atomic E-state index is 12.3. The van der Waals surface area contributed by atoms with E-state index in [1.165, 1.54) is 6.42 Å². The van der Waals surface area contributed by atoms with Gasteiger partial charge in [0.15, 0.2) is 0 Å². The van der Waals surface area contributed by atoms with Crippen LogP contribution in [0, 0.1) is 0 Å². The number of hydrogen-bond acceptors (Lipinski definition) is 2. The first-order valence-corrected chi connectivity index (χ1v) is 8.24. The molecule has 5 heteroatoms. The van der Waals surface area contributed by atoms with Gasteiger partial charge < -0.3 is 10.2 Å². The first kappa shape index (κ1) is 16.0. The van der Waals surface area contributed by atoms with Crippen LogP contribution < -0.4 is 5.32 Å². The van der Waals surface area contributed by atoms with Gasteiger partial charge in [0, 0.05) is 22.7 Å². The zero-order chi connectivity index (χ0) is 15.2. The van der Waals surface area contributed by atoms with Crippen molar-refractivity contribution in [3.05, 3.63) is 28.7 Å². The van der Waals surface area contributed by atoms with Crippen molar-refractivity contribution in [2.75, 3.05) is 11.9 Å². The van der Waals surface area contributed by atoms with Crippen molar-refractivity contribution < 1.29 is 9.59 Å². The molecule has 0 saturated carbocycles. The molecule has 1 aromatic carbocycles. The predicted octanol–water partition coefficient (Wildman–Crippen LogP) is 3.57. The molecule has 1 fully saturated rings. The lowest BCUT2D eigenvalue weighted by atomic mass is 9.99. The Kier molecular flexibility index (Phi) is 5.79. The summed E-state index contributed by atoms with van der Waals surface area (Å²) in [7, 11) is 0. The summed E-state index contributed by atoms with van der Waals surface area (Å²) in [5.74, 6) is -0.312. The Morgan fingerprint density at radius 3 is 2.90 bits per heavy atom. The molecule has 21 heavy (non-hydrogen) atoms. The number of nitrogens with zero attached hydrogens (tertiary/aromatic N) is 1. The zero-order valence-corrected chi connectivity index (χ0v) is 13.9. The highest BCUT2D eigenvalue weighted by Crippen LogP contribution is 2.21. The van der Waals surface area contributed by atoms with Gasteiger partial charge in [-0.3, -0.25) is 9.59 Å².